The molecular weight excluding hydrogens is 322 g/mol. The molecule has 0 unspecified atom stereocenters. The number of thiophene rings is 1. The number of nitrogens with one attached hydrogen (secondary N) is 2. The van der Waals surface area contributed by atoms with Gasteiger partial charge < -0.3 is 5.32 Å². The van der Waals surface area contributed by atoms with Crippen molar-refractivity contribution in [3.05, 3.63) is 53.8 Å². The molecule has 0 bridgehead atoms. The summed E-state index contributed by atoms with van der Waals surface area (Å²) in [6, 6.07) is 9.59. The van der Waals surface area contributed by atoms with E-state index in [1.54, 1.807) is 23.7 Å². The lowest BCUT2D eigenvalue weighted by Crippen LogP contribution is -2.03. The van der Waals surface area contributed by atoms with Crippen LogP contribution in [0.1, 0.15) is 5.69 Å². The summed E-state index contributed by atoms with van der Waals surface area (Å²) in [7, 11) is 0. The van der Waals surface area contributed by atoms with Crippen molar-refractivity contribution in [3.8, 4) is 22.1 Å². The first-order valence-corrected chi connectivity index (χ1v) is 8.15. The molecule has 0 amide bonds. The molecule has 4 aromatic heterocycles. The summed E-state index contributed by atoms with van der Waals surface area (Å²) in [6.45, 7) is 1.94. The van der Waals surface area contributed by atoms with E-state index >= 15 is 0 Å². The largest absolute Gasteiger partial charge is 0.307 e. The predicted molar refractivity (Wildman–Crippen MR) is 93.0 cm³/mol. The Morgan fingerprint density at radius 2 is 1.88 bits per heavy atom. The fourth-order valence-electron chi connectivity index (χ4n) is 2.17. The van der Waals surface area contributed by atoms with Gasteiger partial charge in [0.05, 0.1) is 4.88 Å². The molecule has 4 aromatic rings. The standard InChI is InChI=1S/C16H13N7S/c1-10-9-13(23-22-10)18-16-20-14(11-4-6-17-7-5-11)19-15(21-16)12-3-2-8-24-12/h2-9H,1H3,(H2,18,19,20,21,22,23). The summed E-state index contributed by atoms with van der Waals surface area (Å²) in [5.74, 6) is 2.33. The molecule has 0 aliphatic heterocycles. The molecule has 0 saturated heterocycles. The smallest absolute Gasteiger partial charge is 0.232 e. The van der Waals surface area contributed by atoms with Gasteiger partial charge in [0.2, 0.25) is 5.95 Å². The van der Waals surface area contributed by atoms with E-state index in [-0.39, 0.29) is 0 Å². The Bertz CT molecular complexity index is 948. The number of nitrogens with zero attached hydrogens (tertiary/aromatic N) is 5. The summed E-state index contributed by atoms with van der Waals surface area (Å²) in [5.41, 5.74) is 1.84. The topological polar surface area (TPSA) is 92.3 Å². The van der Waals surface area contributed by atoms with Crippen LogP contribution in [0.5, 0.6) is 0 Å². The van der Waals surface area contributed by atoms with Gasteiger partial charge in [-0.05, 0) is 30.5 Å². The van der Waals surface area contributed by atoms with E-state index in [0.29, 0.717) is 23.4 Å². The quantitative estimate of drug-likeness (QED) is 0.593. The Morgan fingerprint density at radius 3 is 2.58 bits per heavy atom. The van der Waals surface area contributed by atoms with Gasteiger partial charge in [0.15, 0.2) is 17.5 Å². The summed E-state index contributed by atoms with van der Waals surface area (Å²) in [5, 5.41) is 12.2. The van der Waals surface area contributed by atoms with Crippen molar-refractivity contribution in [2.24, 2.45) is 0 Å². The number of H-pyrrole nitrogens is 1. The SMILES string of the molecule is Cc1cc(Nc2nc(-c3ccncc3)nc(-c3cccs3)n2)n[nH]1. The van der Waals surface area contributed by atoms with Crippen molar-refractivity contribution in [2.45, 2.75) is 6.92 Å². The summed E-state index contributed by atoms with van der Waals surface area (Å²) < 4.78 is 0. The Labute approximate surface area is 141 Å². The zero-order valence-electron chi connectivity index (χ0n) is 12.8. The number of rotatable bonds is 4. The molecule has 7 nitrogen and oxygen atoms in total. The molecular formula is C16H13N7S. The average molecular weight is 335 g/mol. The van der Waals surface area contributed by atoms with E-state index in [0.717, 1.165) is 16.1 Å². The molecule has 8 heteroatoms. The van der Waals surface area contributed by atoms with Crippen molar-refractivity contribution in [1.29, 1.82) is 0 Å². The van der Waals surface area contributed by atoms with E-state index < -0.39 is 0 Å². The van der Waals surface area contributed by atoms with E-state index in [2.05, 4.69) is 35.5 Å². The lowest BCUT2D eigenvalue weighted by atomic mass is 10.2. The van der Waals surface area contributed by atoms with Crippen LogP contribution in [0.3, 0.4) is 0 Å². The average Bonchev–Trinajstić information content (AvgIpc) is 3.27. The van der Waals surface area contributed by atoms with Gasteiger partial charge >= 0.3 is 0 Å². The normalized spacial score (nSPS) is 10.7. The minimum Gasteiger partial charge on any atom is -0.307 e. The second-order valence-corrected chi connectivity index (χ2v) is 6.03. The van der Waals surface area contributed by atoms with E-state index in [9.17, 15) is 0 Å². The van der Waals surface area contributed by atoms with Gasteiger partial charge in [-0.1, -0.05) is 6.07 Å². The van der Waals surface area contributed by atoms with E-state index in [4.69, 9.17) is 0 Å². The highest BCUT2D eigenvalue weighted by molar-refractivity contribution is 7.13. The van der Waals surface area contributed by atoms with Crippen LogP contribution in [0.25, 0.3) is 22.1 Å². The first kappa shape index (κ1) is 14.5. The van der Waals surface area contributed by atoms with Gasteiger partial charge in [-0.3, -0.25) is 10.1 Å². The van der Waals surface area contributed by atoms with Gasteiger partial charge in [-0.25, -0.2) is 4.98 Å². The minimum atomic E-state index is 0.451. The molecule has 118 valence electrons. The van der Waals surface area contributed by atoms with Crippen LogP contribution in [0, 0.1) is 6.92 Å². The zero-order chi connectivity index (χ0) is 16.4. The number of hydrogen-bond acceptors (Lipinski definition) is 7. The number of aromatic amines is 1. The third kappa shape index (κ3) is 2.99. The highest BCUT2D eigenvalue weighted by atomic mass is 32.1. The Balaban J connectivity index is 1.79. The number of hydrogen-bond donors (Lipinski definition) is 2. The lowest BCUT2D eigenvalue weighted by Gasteiger charge is -2.07. The van der Waals surface area contributed by atoms with Crippen molar-refractivity contribution < 1.29 is 0 Å². The first-order chi connectivity index (χ1) is 11.8. The zero-order valence-corrected chi connectivity index (χ0v) is 13.6. The highest BCUT2D eigenvalue weighted by Crippen LogP contribution is 2.25. The Hall–Kier alpha value is -3.13. The van der Waals surface area contributed by atoms with E-state index in [1.165, 1.54) is 0 Å². The van der Waals surface area contributed by atoms with Gasteiger partial charge in [0, 0.05) is 29.7 Å². The molecule has 0 fully saturated rings. The van der Waals surface area contributed by atoms with Gasteiger partial charge in [0.25, 0.3) is 0 Å². The first-order valence-electron chi connectivity index (χ1n) is 7.27. The molecule has 0 spiro atoms. The third-order valence-electron chi connectivity index (χ3n) is 3.26. The van der Waals surface area contributed by atoms with Gasteiger partial charge in [-0.2, -0.15) is 15.1 Å². The van der Waals surface area contributed by atoms with Crippen LogP contribution >= 0.6 is 11.3 Å². The van der Waals surface area contributed by atoms with Crippen molar-refractivity contribution in [1.82, 2.24) is 30.1 Å². The maximum atomic E-state index is 4.59. The fourth-order valence-corrected chi connectivity index (χ4v) is 2.83. The van der Waals surface area contributed by atoms with Crippen molar-refractivity contribution >= 4 is 23.1 Å². The maximum Gasteiger partial charge on any atom is 0.232 e. The summed E-state index contributed by atoms with van der Waals surface area (Å²) in [4.78, 5) is 18.6. The van der Waals surface area contributed by atoms with Crippen LogP contribution in [-0.4, -0.2) is 30.1 Å². The monoisotopic (exact) mass is 335 g/mol. The van der Waals surface area contributed by atoms with Crippen molar-refractivity contribution in [3.63, 3.8) is 0 Å². The summed E-state index contributed by atoms with van der Waals surface area (Å²) in [6.07, 6.45) is 3.43. The van der Waals surface area contributed by atoms with Crippen molar-refractivity contribution in [2.75, 3.05) is 5.32 Å². The Kier molecular flexibility index (Phi) is 3.72. The van der Waals surface area contributed by atoms with Crippen LogP contribution in [-0.2, 0) is 0 Å². The second kappa shape index (κ2) is 6.17. The molecule has 0 atom stereocenters. The van der Waals surface area contributed by atoms with Gasteiger partial charge in [-0.15, -0.1) is 11.3 Å². The highest BCUT2D eigenvalue weighted by Gasteiger charge is 2.12. The molecule has 0 radical (unpaired) electrons. The predicted octanol–water partition coefficient (Wildman–Crippen LogP) is 3.44. The van der Waals surface area contributed by atoms with E-state index in [1.807, 2.05) is 42.6 Å². The fraction of sp³-hybridized carbons (Fsp3) is 0.0625. The third-order valence-corrected chi connectivity index (χ3v) is 4.13. The number of pyridine rings is 1. The second-order valence-electron chi connectivity index (χ2n) is 5.08. The lowest BCUT2D eigenvalue weighted by molar-refractivity contribution is 1.03. The molecule has 0 saturated carbocycles. The molecule has 2 N–H and O–H groups in total. The molecule has 4 rings (SSSR count). The van der Waals surface area contributed by atoms with Gasteiger partial charge in [0.1, 0.15) is 0 Å². The maximum absolute atomic E-state index is 4.59. The van der Waals surface area contributed by atoms with Crippen LogP contribution in [0.4, 0.5) is 11.8 Å². The van der Waals surface area contributed by atoms with Crippen LogP contribution in [0.2, 0.25) is 0 Å². The number of anilines is 2. The van der Waals surface area contributed by atoms with Crippen LogP contribution in [0.15, 0.2) is 48.1 Å². The molecule has 0 aliphatic rings. The number of aryl methyl sites for hydroxylation is 1. The molecule has 0 aliphatic carbocycles. The number of aromatic nitrogens is 6. The minimum absolute atomic E-state index is 0.451. The summed E-state index contributed by atoms with van der Waals surface area (Å²) >= 11 is 1.58. The van der Waals surface area contributed by atoms with Crippen LogP contribution < -0.4 is 5.32 Å². The Morgan fingerprint density at radius 1 is 1.04 bits per heavy atom. The molecule has 4 heterocycles. The molecule has 0 aromatic carbocycles. The molecule has 24 heavy (non-hydrogen) atoms.